The predicted molar refractivity (Wildman–Crippen MR) is 58.0 cm³/mol. The fourth-order valence-corrected chi connectivity index (χ4v) is 1.13. The van der Waals surface area contributed by atoms with E-state index in [0.29, 0.717) is 6.42 Å². The Labute approximate surface area is 97.7 Å². The molecule has 0 bridgehead atoms. The first-order valence-corrected chi connectivity index (χ1v) is 5.02. The lowest BCUT2D eigenvalue weighted by atomic mass is 10.2. The molecule has 1 rings (SSSR count). The smallest absolute Gasteiger partial charge is 0.338 e. The summed E-state index contributed by atoms with van der Waals surface area (Å²) in [5.41, 5.74) is -0.0802. The van der Waals surface area contributed by atoms with Gasteiger partial charge in [-0.1, -0.05) is 0 Å². The molecule has 0 radical (unpaired) electrons. The van der Waals surface area contributed by atoms with Crippen molar-refractivity contribution in [1.82, 2.24) is 0 Å². The highest BCUT2D eigenvalue weighted by atomic mass is 16.5. The highest BCUT2D eigenvalue weighted by Crippen LogP contribution is 2.35. The third-order valence-electron chi connectivity index (χ3n) is 2.07. The number of aliphatic hydroxyl groups excluding tert-OH is 1. The van der Waals surface area contributed by atoms with Crippen LogP contribution in [0.15, 0.2) is 12.1 Å². The summed E-state index contributed by atoms with van der Waals surface area (Å²) in [6, 6.07) is 1.97. The summed E-state index contributed by atoms with van der Waals surface area (Å²) in [5, 5.41) is 36.4. The number of phenols is 3. The molecule has 1 aromatic rings. The average Bonchev–Trinajstić information content (AvgIpc) is 2.24. The maximum atomic E-state index is 11.4. The molecule has 4 N–H and O–H groups in total. The summed E-state index contributed by atoms with van der Waals surface area (Å²) in [4.78, 5) is 11.4. The first kappa shape index (κ1) is 13.1. The Morgan fingerprint density at radius 2 is 1.82 bits per heavy atom. The monoisotopic (exact) mass is 242 g/mol. The summed E-state index contributed by atoms with van der Waals surface area (Å²) >= 11 is 0. The zero-order valence-corrected chi connectivity index (χ0v) is 9.25. The number of aliphatic hydroxyl groups is 1. The zero-order chi connectivity index (χ0) is 13.0. The average molecular weight is 242 g/mol. The van der Waals surface area contributed by atoms with Gasteiger partial charge in [-0.2, -0.15) is 0 Å². The Bertz CT molecular complexity index is 389. The van der Waals surface area contributed by atoms with E-state index in [1.807, 2.05) is 0 Å². The van der Waals surface area contributed by atoms with E-state index in [0.717, 1.165) is 12.1 Å². The van der Waals surface area contributed by atoms with Crippen LogP contribution in [0.2, 0.25) is 0 Å². The number of hydrogen-bond acceptors (Lipinski definition) is 6. The van der Waals surface area contributed by atoms with Crippen LogP contribution in [0.25, 0.3) is 0 Å². The summed E-state index contributed by atoms with van der Waals surface area (Å²) in [6.45, 7) is 1.59. The van der Waals surface area contributed by atoms with Crippen LogP contribution in [0, 0.1) is 0 Å². The topological polar surface area (TPSA) is 107 Å². The number of esters is 1. The van der Waals surface area contributed by atoms with Gasteiger partial charge in [0.1, 0.15) is 0 Å². The van der Waals surface area contributed by atoms with Gasteiger partial charge in [0.05, 0.1) is 18.3 Å². The van der Waals surface area contributed by atoms with Gasteiger partial charge < -0.3 is 25.2 Å². The van der Waals surface area contributed by atoms with E-state index in [9.17, 15) is 15.0 Å². The summed E-state index contributed by atoms with van der Waals surface area (Å²) in [5.74, 6) is -2.65. The van der Waals surface area contributed by atoms with Gasteiger partial charge >= 0.3 is 5.97 Å². The number of carbonyl (C=O) groups is 1. The Balaban J connectivity index is 2.70. The molecule has 17 heavy (non-hydrogen) atoms. The van der Waals surface area contributed by atoms with Gasteiger partial charge in [-0.3, -0.25) is 0 Å². The van der Waals surface area contributed by atoms with Gasteiger partial charge in [-0.05, 0) is 19.1 Å². The molecule has 6 heteroatoms. The molecule has 0 spiro atoms. The summed E-state index contributed by atoms with van der Waals surface area (Å²) < 4.78 is 4.79. The van der Waals surface area contributed by atoms with Crippen LogP contribution in [0.5, 0.6) is 17.2 Å². The quantitative estimate of drug-likeness (QED) is 0.458. The Hall–Kier alpha value is -1.95. The minimum atomic E-state index is -0.753. The van der Waals surface area contributed by atoms with Crippen molar-refractivity contribution in [2.45, 2.75) is 19.4 Å². The standard InChI is InChI=1S/C11H14O6/c1-6(12)2-3-17-11(16)7-4-8(13)10(15)9(14)5-7/h4-6,12-15H,2-3H2,1H3. The van der Waals surface area contributed by atoms with E-state index in [2.05, 4.69) is 0 Å². The number of benzene rings is 1. The number of rotatable bonds is 4. The Morgan fingerprint density at radius 3 is 2.29 bits per heavy atom. The fourth-order valence-electron chi connectivity index (χ4n) is 1.13. The molecule has 94 valence electrons. The van der Waals surface area contributed by atoms with Crippen molar-refractivity contribution >= 4 is 5.97 Å². The largest absolute Gasteiger partial charge is 0.504 e. The van der Waals surface area contributed by atoms with E-state index < -0.39 is 29.3 Å². The number of hydrogen-bond donors (Lipinski definition) is 4. The van der Waals surface area contributed by atoms with Crippen molar-refractivity contribution < 1.29 is 30.0 Å². The number of ether oxygens (including phenoxy) is 1. The zero-order valence-electron chi connectivity index (χ0n) is 9.25. The summed E-state index contributed by atoms with van der Waals surface area (Å²) in [7, 11) is 0. The first-order valence-electron chi connectivity index (χ1n) is 5.02. The van der Waals surface area contributed by atoms with Crippen molar-refractivity contribution in [2.75, 3.05) is 6.61 Å². The van der Waals surface area contributed by atoms with Crippen LogP contribution in [0.4, 0.5) is 0 Å². The summed E-state index contributed by atoms with van der Waals surface area (Å²) in [6.07, 6.45) is -0.286. The van der Waals surface area contributed by atoms with Crippen molar-refractivity contribution in [2.24, 2.45) is 0 Å². The lowest BCUT2D eigenvalue weighted by Crippen LogP contribution is -2.10. The molecule has 0 fully saturated rings. The minimum Gasteiger partial charge on any atom is -0.504 e. The number of carbonyl (C=O) groups excluding carboxylic acids is 1. The van der Waals surface area contributed by atoms with Gasteiger partial charge in [0.2, 0.25) is 0 Å². The maximum absolute atomic E-state index is 11.4. The van der Waals surface area contributed by atoms with E-state index in [1.54, 1.807) is 6.92 Å². The third kappa shape index (κ3) is 3.53. The maximum Gasteiger partial charge on any atom is 0.338 e. The van der Waals surface area contributed by atoms with Crippen LogP contribution < -0.4 is 0 Å². The molecule has 0 amide bonds. The van der Waals surface area contributed by atoms with Crippen molar-refractivity contribution in [3.63, 3.8) is 0 Å². The van der Waals surface area contributed by atoms with Crippen molar-refractivity contribution in [3.05, 3.63) is 17.7 Å². The molecule has 0 saturated heterocycles. The van der Waals surface area contributed by atoms with Crippen LogP contribution in [0.1, 0.15) is 23.7 Å². The van der Waals surface area contributed by atoms with Gasteiger partial charge in [0.15, 0.2) is 17.2 Å². The van der Waals surface area contributed by atoms with Gasteiger partial charge in [0.25, 0.3) is 0 Å². The molecule has 0 aliphatic heterocycles. The second-order valence-corrected chi connectivity index (χ2v) is 3.64. The second kappa shape index (κ2) is 5.40. The Morgan fingerprint density at radius 1 is 1.29 bits per heavy atom. The van der Waals surface area contributed by atoms with Crippen LogP contribution in [-0.2, 0) is 4.74 Å². The van der Waals surface area contributed by atoms with E-state index in [1.165, 1.54) is 0 Å². The SMILES string of the molecule is CC(O)CCOC(=O)c1cc(O)c(O)c(O)c1. The van der Waals surface area contributed by atoms with Gasteiger partial charge in [-0.15, -0.1) is 0 Å². The molecule has 0 heterocycles. The van der Waals surface area contributed by atoms with Crippen molar-refractivity contribution in [3.8, 4) is 17.2 Å². The van der Waals surface area contributed by atoms with E-state index in [-0.39, 0.29) is 12.2 Å². The molecule has 1 aromatic carbocycles. The predicted octanol–water partition coefficient (Wildman–Crippen LogP) is 0.731. The van der Waals surface area contributed by atoms with E-state index in [4.69, 9.17) is 14.9 Å². The normalized spacial score (nSPS) is 12.1. The molecule has 6 nitrogen and oxygen atoms in total. The Kier molecular flexibility index (Phi) is 4.17. The molecule has 0 aliphatic rings. The van der Waals surface area contributed by atoms with Gasteiger partial charge in [0, 0.05) is 6.42 Å². The number of aromatic hydroxyl groups is 3. The molecule has 0 aliphatic carbocycles. The lowest BCUT2D eigenvalue weighted by Gasteiger charge is -2.08. The van der Waals surface area contributed by atoms with Crippen molar-refractivity contribution in [1.29, 1.82) is 0 Å². The molecule has 1 unspecified atom stereocenters. The van der Waals surface area contributed by atoms with E-state index >= 15 is 0 Å². The molecule has 1 atom stereocenters. The molecular formula is C11H14O6. The van der Waals surface area contributed by atoms with Gasteiger partial charge in [-0.25, -0.2) is 4.79 Å². The van der Waals surface area contributed by atoms with Crippen LogP contribution in [0.3, 0.4) is 0 Å². The lowest BCUT2D eigenvalue weighted by molar-refractivity contribution is 0.0443. The molecule has 0 saturated carbocycles. The fraction of sp³-hybridized carbons (Fsp3) is 0.364. The first-order chi connectivity index (χ1) is 7.91. The molecule has 0 aromatic heterocycles. The molecular weight excluding hydrogens is 228 g/mol. The van der Waals surface area contributed by atoms with Crippen LogP contribution in [-0.4, -0.2) is 39.1 Å². The minimum absolute atomic E-state index is 0.0267. The highest BCUT2D eigenvalue weighted by molar-refractivity contribution is 5.91. The number of phenolic OH excluding ortho intramolecular Hbond substituents is 3. The highest BCUT2D eigenvalue weighted by Gasteiger charge is 2.14. The second-order valence-electron chi connectivity index (χ2n) is 3.64. The van der Waals surface area contributed by atoms with Crippen LogP contribution >= 0.6 is 0 Å². The third-order valence-corrected chi connectivity index (χ3v) is 2.07.